The molecule has 0 aromatic rings. The number of halogens is 3. The van der Waals surface area contributed by atoms with Gasteiger partial charge in [-0.1, -0.05) is 0 Å². The first-order valence-corrected chi connectivity index (χ1v) is 6.36. The molecule has 100 valence electrons. The molecule has 0 atom stereocenters. The van der Waals surface area contributed by atoms with Crippen molar-refractivity contribution in [2.45, 2.75) is 50.7 Å². The van der Waals surface area contributed by atoms with E-state index in [1.165, 1.54) is 0 Å². The highest BCUT2D eigenvalue weighted by Gasteiger charge is 2.44. The Bertz CT molecular complexity index is 255. The van der Waals surface area contributed by atoms with Crippen LogP contribution < -0.4 is 5.32 Å². The van der Waals surface area contributed by atoms with E-state index in [-0.39, 0.29) is 30.9 Å². The SMILES string of the molecule is OCC1(CNC2CCC(C(F)(F)F)CC2)CC1. The van der Waals surface area contributed by atoms with Crippen molar-refractivity contribution >= 4 is 0 Å². The molecule has 2 nitrogen and oxygen atoms in total. The van der Waals surface area contributed by atoms with E-state index in [2.05, 4.69) is 5.32 Å². The van der Waals surface area contributed by atoms with Crippen LogP contribution in [0.25, 0.3) is 0 Å². The van der Waals surface area contributed by atoms with E-state index in [1.807, 2.05) is 0 Å². The van der Waals surface area contributed by atoms with Crippen LogP contribution in [0.5, 0.6) is 0 Å². The second-order valence-corrected chi connectivity index (χ2v) is 5.63. The minimum atomic E-state index is -4.02. The zero-order chi connectivity index (χ0) is 12.5. The third-order valence-electron chi connectivity index (χ3n) is 4.25. The van der Waals surface area contributed by atoms with E-state index in [0.717, 1.165) is 19.4 Å². The van der Waals surface area contributed by atoms with Gasteiger partial charge in [-0.15, -0.1) is 0 Å². The average molecular weight is 251 g/mol. The molecule has 0 bridgehead atoms. The lowest BCUT2D eigenvalue weighted by Crippen LogP contribution is -2.40. The molecule has 5 heteroatoms. The lowest BCUT2D eigenvalue weighted by atomic mass is 9.85. The van der Waals surface area contributed by atoms with Crippen LogP contribution in [0.3, 0.4) is 0 Å². The normalized spacial score (nSPS) is 32.5. The fraction of sp³-hybridized carbons (Fsp3) is 1.00. The highest BCUT2D eigenvalue weighted by atomic mass is 19.4. The van der Waals surface area contributed by atoms with Gasteiger partial charge in [0.05, 0.1) is 5.92 Å². The van der Waals surface area contributed by atoms with Crippen LogP contribution in [0, 0.1) is 11.3 Å². The van der Waals surface area contributed by atoms with E-state index in [9.17, 15) is 13.2 Å². The molecular formula is C12H20F3NO. The third-order valence-corrected chi connectivity index (χ3v) is 4.25. The van der Waals surface area contributed by atoms with Gasteiger partial charge < -0.3 is 10.4 Å². The minimum absolute atomic E-state index is 0.0425. The summed E-state index contributed by atoms with van der Waals surface area (Å²) < 4.78 is 37.4. The van der Waals surface area contributed by atoms with Crippen LogP contribution in [0.15, 0.2) is 0 Å². The lowest BCUT2D eigenvalue weighted by Gasteiger charge is -2.31. The molecule has 0 amide bonds. The lowest BCUT2D eigenvalue weighted by molar-refractivity contribution is -0.182. The van der Waals surface area contributed by atoms with Crippen LogP contribution in [0.4, 0.5) is 13.2 Å². The van der Waals surface area contributed by atoms with Crippen LogP contribution in [-0.4, -0.2) is 30.5 Å². The maximum absolute atomic E-state index is 12.5. The number of hydrogen-bond donors (Lipinski definition) is 2. The fourth-order valence-corrected chi connectivity index (χ4v) is 2.55. The maximum Gasteiger partial charge on any atom is 0.391 e. The first-order chi connectivity index (χ1) is 7.95. The standard InChI is InChI=1S/C12H20F3NO/c13-12(14,15)9-1-3-10(4-2-9)16-7-11(8-17)5-6-11/h9-10,16-17H,1-8H2. The molecule has 0 spiro atoms. The second-order valence-electron chi connectivity index (χ2n) is 5.63. The summed E-state index contributed by atoms with van der Waals surface area (Å²) in [5.74, 6) is -1.10. The summed E-state index contributed by atoms with van der Waals surface area (Å²) in [6.45, 7) is 0.947. The zero-order valence-electron chi connectivity index (χ0n) is 9.89. The van der Waals surface area contributed by atoms with Crippen molar-refractivity contribution in [2.24, 2.45) is 11.3 Å². The first kappa shape index (κ1) is 13.1. The molecule has 2 fully saturated rings. The monoisotopic (exact) mass is 251 g/mol. The Kier molecular flexibility index (Phi) is 3.69. The summed E-state index contributed by atoms with van der Waals surface area (Å²) in [5, 5.41) is 12.5. The first-order valence-electron chi connectivity index (χ1n) is 6.36. The molecule has 2 aliphatic carbocycles. The van der Waals surface area contributed by atoms with E-state index in [0.29, 0.717) is 12.8 Å². The number of rotatable bonds is 4. The molecule has 2 rings (SSSR count). The number of aliphatic hydroxyl groups excluding tert-OH is 1. The highest BCUT2D eigenvalue weighted by molar-refractivity contribution is 4.95. The fourth-order valence-electron chi connectivity index (χ4n) is 2.55. The highest BCUT2D eigenvalue weighted by Crippen LogP contribution is 2.44. The van der Waals surface area contributed by atoms with E-state index in [1.54, 1.807) is 0 Å². The molecule has 0 radical (unpaired) electrons. The van der Waals surface area contributed by atoms with Gasteiger partial charge in [0, 0.05) is 24.6 Å². The van der Waals surface area contributed by atoms with Crippen LogP contribution in [-0.2, 0) is 0 Å². The molecule has 2 aliphatic rings. The van der Waals surface area contributed by atoms with E-state index >= 15 is 0 Å². The molecular weight excluding hydrogens is 231 g/mol. The molecule has 0 unspecified atom stereocenters. The zero-order valence-corrected chi connectivity index (χ0v) is 9.89. The quantitative estimate of drug-likeness (QED) is 0.804. The van der Waals surface area contributed by atoms with Crippen molar-refractivity contribution in [1.82, 2.24) is 5.32 Å². The largest absolute Gasteiger partial charge is 0.396 e. The number of nitrogens with one attached hydrogen (secondary N) is 1. The summed E-state index contributed by atoms with van der Waals surface area (Å²) in [4.78, 5) is 0. The van der Waals surface area contributed by atoms with Crippen molar-refractivity contribution in [3.8, 4) is 0 Å². The minimum Gasteiger partial charge on any atom is -0.396 e. The van der Waals surface area contributed by atoms with Crippen molar-refractivity contribution in [3.63, 3.8) is 0 Å². The van der Waals surface area contributed by atoms with Crippen LogP contribution >= 0.6 is 0 Å². The Morgan fingerprint density at radius 2 is 1.71 bits per heavy atom. The smallest absolute Gasteiger partial charge is 0.391 e. The molecule has 0 aromatic carbocycles. The Morgan fingerprint density at radius 3 is 2.12 bits per heavy atom. The van der Waals surface area contributed by atoms with Crippen molar-refractivity contribution in [2.75, 3.05) is 13.2 Å². The van der Waals surface area contributed by atoms with E-state index < -0.39 is 12.1 Å². The number of aliphatic hydroxyl groups is 1. The molecule has 0 heterocycles. The molecule has 0 aliphatic heterocycles. The second kappa shape index (κ2) is 4.76. The Hall–Kier alpha value is -0.290. The van der Waals surface area contributed by atoms with Gasteiger partial charge in [-0.25, -0.2) is 0 Å². The van der Waals surface area contributed by atoms with Gasteiger partial charge in [0.15, 0.2) is 0 Å². The summed E-state index contributed by atoms with van der Waals surface area (Å²) in [7, 11) is 0. The molecule has 2 N–H and O–H groups in total. The molecule has 2 saturated carbocycles. The Balaban J connectivity index is 1.69. The number of alkyl halides is 3. The molecule has 17 heavy (non-hydrogen) atoms. The molecule has 0 saturated heterocycles. The Morgan fingerprint density at radius 1 is 1.12 bits per heavy atom. The van der Waals surface area contributed by atoms with Crippen LogP contribution in [0.1, 0.15) is 38.5 Å². The van der Waals surface area contributed by atoms with Gasteiger partial charge in [0.25, 0.3) is 0 Å². The maximum atomic E-state index is 12.5. The van der Waals surface area contributed by atoms with Gasteiger partial charge >= 0.3 is 6.18 Å². The van der Waals surface area contributed by atoms with Gasteiger partial charge in [0.2, 0.25) is 0 Å². The van der Waals surface area contributed by atoms with Gasteiger partial charge in [-0.2, -0.15) is 13.2 Å². The van der Waals surface area contributed by atoms with Gasteiger partial charge in [-0.05, 0) is 38.5 Å². The van der Waals surface area contributed by atoms with Crippen molar-refractivity contribution < 1.29 is 18.3 Å². The third kappa shape index (κ3) is 3.35. The average Bonchev–Trinajstić information content (AvgIpc) is 3.06. The Labute approximate surface area is 99.6 Å². The summed E-state index contributed by atoms with van der Waals surface area (Å²) in [5.41, 5.74) is 0.0425. The summed E-state index contributed by atoms with van der Waals surface area (Å²) in [6, 6.07) is 0.206. The van der Waals surface area contributed by atoms with E-state index in [4.69, 9.17) is 5.11 Å². The van der Waals surface area contributed by atoms with Crippen molar-refractivity contribution in [1.29, 1.82) is 0 Å². The van der Waals surface area contributed by atoms with Gasteiger partial charge in [-0.3, -0.25) is 0 Å². The van der Waals surface area contributed by atoms with Crippen LogP contribution in [0.2, 0.25) is 0 Å². The topological polar surface area (TPSA) is 32.3 Å². The summed E-state index contributed by atoms with van der Waals surface area (Å²) >= 11 is 0. The summed E-state index contributed by atoms with van der Waals surface area (Å²) in [6.07, 6.45) is -0.255. The predicted octanol–water partition coefficient (Wildman–Crippen LogP) is 2.47. The predicted molar refractivity (Wildman–Crippen MR) is 58.6 cm³/mol. The number of hydrogen-bond acceptors (Lipinski definition) is 2. The molecule has 0 aromatic heterocycles. The van der Waals surface area contributed by atoms with Crippen molar-refractivity contribution in [3.05, 3.63) is 0 Å². The van der Waals surface area contributed by atoms with Gasteiger partial charge in [0.1, 0.15) is 0 Å².